The van der Waals surface area contributed by atoms with Crippen molar-refractivity contribution in [1.29, 1.82) is 0 Å². The van der Waals surface area contributed by atoms with Gasteiger partial charge in [0.15, 0.2) is 0 Å². The van der Waals surface area contributed by atoms with Crippen LogP contribution in [0.5, 0.6) is 0 Å². The Morgan fingerprint density at radius 2 is 1.60 bits per heavy atom. The molecule has 0 spiro atoms. The maximum Gasteiger partial charge on any atom is 0.239 e. The van der Waals surface area contributed by atoms with Crippen molar-refractivity contribution in [1.82, 2.24) is 10.2 Å². The van der Waals surface area contributed by atoms with Gasteiger partial charge in [-0.3, -0.25) is 9.59 Å². The molecule has 214 valence electrons. The standard InChI is InChI=1S/C33H41N3O2S.ClH/c34-30(22-29-12-7-21-39-29)31(37)36-19-17-33(18-20-36,32(38)35-24-26-8-3-1-4-9-26)23-25-13-15-28(16-14-25)27-10-5-2-6-11-27;/h2,5-7,10-16,21,26,30H,1,3-4,8-9,17-20,22-24,34H2,(H,35,38);1H. The number of hydrogen-bond acceptors (Lipinski definition) is 4. The molecule has 2 amide bonds. The zero-order valence-corrected chi connectivity index (χ0v) is 24.9. The van der Waals surface area contributed by atoms with E-state index in [1.165, 1.54) is 43.2 Å². The largest absolute Gasteiger partial charge is 0.355 e. The molecule has 5 nitrogen and oxygen atoms in total. The lowest BCUT2D eigenvalue weighted by molar-refractivity contribution is -0.141. The summed E-state index contributed by atoms with van der Waals surface area (Å²) >= 11 is 1.63. The van der Waals surface area contributed by atoms with E-state index in [9.17, 15) is 9.59 Å². The highest BCUT2D eigenvalue weighted by molar-refractivity contribution is 7.09. The molecule has 1 aliphatic carbocycles. The third-order valence-corrected chi connectivity index (χ3v) is 9.61. The Kier molecular flexibility index (Phi) is 10.8. The van der Waals surface area contributed by atoms with Crippen molar-refractivity contribution < 1.29 is 9.59 Å². The highest BCUT2D eigenvalue weighted by Gasteiger charge is 2.43. The van der Waals surface area contributed by atoms with Gasteiger partial charge in [-0.15, -0.1) is 23.7 Å². The number of thiophene rings is 1. The van der Waals surface area contributed by atoms with Gasteiger partial charge in [0, 0.05) is 30.9 Å². The molecule has 1 aliphatic heterocycles. The molecule has 1 saturated carbocycles. The Hall–Kier alpha value is -2.67. The third-order valence-electron chi connectivity index (χ3n) is 8.71. The minimum absolute atomic E-state index is 0. The first-order chi connectivity index (χ1) is 19.0. The summed E-state index contributed by atoms with van der Waals surface area (Å²) in [7, 11) is 0. The van der Waals surface area contributed by atoms with Gasteiger partial charge in [-0.05, 0) is 66.2 Å². The van der Waals surface area contributed by atoms with Gasteiger partial charge in [-0.2, -0.15) is 0 Å². The first-order valence-electron chi connectivity index (χ1n) is 14.5. The lowest BCUT2D eigenvalue weighted by Crippen LogP contribution is -2.54. The zero-order chi connectivity index (χ0) is 27.1. The molecule has 2 heterocycles. The summed E-state index contributed by atoms with van der Waals surface area (Å²) in [4.78, 5) is 30.0. The van der Waals surface area contributed by atoms with Crippen LogP contribution in [0, 0.1) is 11.3 Å². The number of halogens is 1. The fourth-order valence-electron chi connectivity index (χ4n) is 6.26. The Bertz CT molecular complexity index is 1200. The average molecular weight is 580 g/mol. The first-order valence-corrected chi connectivity index (χ1v) is 15.4. The second kappa shape index (κ2) is 14.3. The number of benzene rings is 2. The van der Waals surface area contributed by atoms with E-state index in [-0.39, 0.29) is 24.2 Å². The molecule has 1 unspecified atom stereocenters. The molecule has 3 aromatic rings. The molecule has 2 aromatic carbocycles. The minimum atomic E-state index is -0.540. The summed E-state index contributed by atoms with van der Waals surface area (Å²) in [5.41, 5.74) is 9.33. The Morgan fingerprint density at radius 3 is 2.25 bits per heavy atom. The van der Waals surface area contributed by atoms with Gasteiger partial charge in [-0.1, -0.05) is 79.9 Å². The van der Waals surface area contributed by atoms with Crippen LogP contribution in [0.4, 0.5) is 0 Å². The summed E-state index contributed by atoms with van der Waals surface area (Å²) < 4.78 is 0. The van der Waals surface area contributed by atoms with Gasteiger partial charge in [0.1, 0.15) is 0 Å². The minimum Gasteiger partial charge on any atom is -0.355 e. The average Bonchev–Trinajstić information content (AvgIpc) is 3.50. The summed E-state index contributed by atoms with van der Waals surface area (Å²) in [5.74, 6) is 0.726. The molecule has 1 atom stereocenters. The molecule has 5 rings (SSSR count). The van der Waals surface area contributed by atoms with E-state index in [0.717, 1.165) is 17.0 Å². The second-order valence-electron chi connectivity index (χ2n) is 11.4. The van der Waals surface area contributed by atoms with E-state index in [1.807, 2.05) is 28.5 Å². The van der Waals surface area contributed by atoms with Crippen molar-refractivity contribution in [3.8, 4) is 11.1 Å². The van der Waals surface area contributed by atoms with Crippen molar-refractivity contribution in [2.24, 2.45) is 17.1 Å². The van der Waals surface area contributed by atoms with Crippen molar-refractivity contribution in [2.75, 3.05) is 19.6 Å². The number of likely N-dealkylation sites (tertiary alicyclic amines) is 1. The topological polar surface area (TPSA) is 75.4 Å². The van der Waals surface area contributed by atoms with Gasteiger partial charge < -0.3 is 16.0 Å². The highest BCUT2D eigenvalue weighted by Crippen LogP contribution is 2.37. The molecule has 0 radical (unpaired) electrons. The number of rotatable bonds is 9. The Labute approximate surface area is 249 Å². The monoisotopic (exact) mass is 579 g/mol. The number of nitrogens with zero attached hydrogens (tertiary/aromatic N) is 1. The predicted octanol–water partition coefficient (Wildman–Crippen LogP) is 6.25. The number of piperidine rings is 1. The van der Waals surface area contributed by atoms with Crippen LogP contribution in [0.25, 0.3) is 11.1 Å². The predicted molar refractivity (Wildman–Crippen MR) is 167 cm³/mol. The van der Waals surface area contributed by atoms with Crippen molar-refractivity contribution in [2.45, 2.75) is 63.8 Å². The van der Waals surface area contributed by atoms with Gasteiger partial charge in [0.05, 0.1) is 11.5 Å². The number of hydrogen-bond donors (Lipinski definition) is 2. The number of carbonyl (C=O) groups is 2. The van der Waals surface area contributed by atoms with Crippen LogP contribution in [0.15, 0.2) is 72.1 Å². The molecule has 0 bridgehead atoms. The van der Waals surface area contributed by atoms with E-state index in [1.54, 1.807) is 11.3 Å². The summed E-state index contributed by atoms with van der Waals surface area (Å²) in [5, 5.41) is 5.37. The molecule has 7 heteroatoms. The van der Waals surface area contributed by atoms with E-state index in [0.29, 0.717) is 44.7 Å². The smallest absolute Gasteiger partial charge is 0.239 e. The molecular formula is C33H42ClN3O2S. The lowest BCUT2D eigenvalue weighted by Gasteiger charge is -2.42. The highest BCUT2D eigenvalue weighted by atomic mass is 35.5. The van der Waals surface area contributed by atoms with Crippen molar-refractivity contribution in [3.05, 3.63) is 82.6 Å². The maximum atomic E-state index is 13.8. The van der Waals surface area contributed by atoms with Crippen LogP contribution in [0.3, 0.4) is 0 Å². The summed E-state index contributed by atoms with van der Waals surface area (Å²) in [6.07, 6.45) is 8.81. The molecule has 40 heavy (non-hydrogen) atoms. The molecule has 3 N–H and O–H groups in total. The summed E-state index contributed by atoms with van der Waals surface area (Å²) in [6.45, 7) is 1.90. The second-order valence-corrected chi connectivity index (χ2v) is 12.5. The van der Waals surface area contributed by atoms with Crippen molar-refractivity contribution in [3.63, 3.8) is 0 Å². The van der Waals surface area contributed by atoms with Crippen LogP contribution in [-0.2, 0) is 22.4 Å². The van der Waals surface area contributed by atoms with Crippen LogP contribution in [-0.4, -0.2) is 42.4 Å². The number of nitrogens with one attached hydrogen (secondary N) is 1. The van der Waals surface area contributed by atoms with Gasteiger partial charge >= 0.3 is 0 Å². The van der Waals surface area contributed by atoms with E-state index in [2.05, 4.69) is 53.8 Å². The van der Waals surface area contributed by atoms with Crippen molar-refractivity contribution >= 4 is 35.6 Å². The maximum absolute atomic E-state index is 13.8. The SMILES string of the molecule is Cl.NC(Cc1cccs1)C(=O)N1CCC(Cc2ccc(-c3ccccc3)cc2)(C(=O)NCC2CCCCC2)CC1. The van der Waals surface area contributed by atoms with E-state index in [4.69, 9.17) is 5.73 Å². The Balaban J connectivity index is 0.00000370. The van der Waals surface area contributed by atoms with E-state index >= 15 is 0 Å². The zero-order valence-electron chi connectivity index (χ0n) is 23.2. The van der Waals surface area contributed by atoms with E-state index < -0.39 is 11.5 Å². The lowest BCUT2D eigenvalue weighted by atomic mass is 9.72. The fraction of sp³-hybridized carbons (Fsp3) is 0.455. The number of amides is 2. The molecule has 1 aromatic heterocycles. The van der Waals surface area contributed by atoms with Crippen LogP contribution in [0.2, 0.25) is 0 Å². The molecule has 2 fully saturated rings. The third kappa shape index (κ3) is 7.54. The first kappa shape index (κ1) is 30.3. The van der Waals surface area contributed by atoms with Crippen LogP contribution < -0.4 is 11.1 Å². The normalized spacial score (nSPS) is 18.0. The van der Waals surface area contributed by atoms with Gasteiger partial charge in [0.2, 0.25) is 11.8 Å². The van der Waals surface area contributed by atoms with Crippen LogP contribution >= 0.6 is 23.7 Å². The number of carbonyl (C=O) groups excluding carboxylic acids is 2. The molecule has 2 aliphatic rings. The summed E-state index contributed by atoms with van der Waals surface area (Å²) in [6, 6.07) is 22.5. The van der Waals surface area contributed by atoms with Gasteiger partial charge in [0.25, 0.3) is 0 Å². The Morgan fingerprint density at radius 1 is 0.925 bits per heavy atom. The van der Waals surface area contributed by atoms with Gasteiger partial charge in [-0.25, -0.2) is 0 Å². The van der Waals surface area contributed by atoms with Crippen LogP contribution in [0.1, 0.15) is 55.4 Å². The quantitative estimate of drug-likeness (QED) is 0.314. The molecule has 1 saturated heterocycles. The fourth-order valence-corrected chi connectivity index (χ4v) is 7.02. The number of nitrogens with two attached hydrogens (primary N) is 1. The molecular weight excluding hydrogens is 538 g/mol.